The summed E-state index contributed by atoms with van der Waals surface area (Å²) >= 11 is 6.17. The van der Waals surface area contributed by atoms with Gasteiger partial charge in [0.15, 0.2) is 5.70 Å². The van der Waals surface area contributed by atoms with Crippen molar-refractivity contribution in [3.05, 3.63) is 75.9 Å². The molecule has 2 aromatic carbocycles. The molecule has 144 valence electrons. The standard InChI is InChI=1S/C24H24ClNO2/c1-2-16-7-9-17(10-8-16)18-11-13-19(14-12-18)23-26-22(24(27)28-23)15-20-5-3-4-6-21(20)25/h3-6,11-17H,2,7-10H2,1H3/b22-15+. The maximum absolute atomic E-state index is 12.2. The second-order valence-corrected chi connectivity index (χ2v) is 8.01. The minimum atomic E-state index is -0.447. The molecule has 1 heterocycles. The minimum absolute atomic E-state index is 0.269. The van der Waals surface area contributed by atoms with Gasteiger partial charge in [-0.25, -0.2) is 9.79 Å². The van der Waals surface area contributed by atoms with E-state index in [1.54, 1.807) is 12.1 Å². The molecule has 0 unspecified atom stereocenters. The van der Waals surface area contributed by atoms with Crippen LogP contribution in [0.1, 0.15) is 61.6 Å². The zero-order valence-electron chi connectivity index (χ0n) is 16.0. The number of halogens is 1. The Labute approximate surface area is 171 Å². The third kappa shape index (κ3) is 4.05. The van der Waals surface area contributed by atoms with Gasteiger partial charge in [0.05, 0.1) is 0 Å². The average Bonchev–Trinajstić information content (AvgIpc) is 3.10. The van der Waals surface area contributed by atoms with E-state index in [4.69, 9.17) is 16.3 Å². The number of benzene rings is 2. The van der Waals surface area contributed by atoms with Gasteiger partial charge in [-0.05, 0) is 72.9 Å². The van der Waals surface area contributed by atoms with Gasteiger partial charge in [0, 0.05) is 10.6 Å². The fourth-order valence-electron chi connectivity index (χ4n) is 4.07. The van der Waals surface area contributed by atoms with E-state index < -0.39 is 5.97 Å². The van der Waals surface area contributed by atoms with Crippen LogP contribution in [-0.2, 0) is 9.53 Å². The number of nitrogens with zero attached hydrogens (tertiary/aromatic N) is 1. The summed E-state index contributed by atoms with van der Waals surface area (Å²) in [6, 6.07) is 15.7. The highest BCUT2D eigenvalue weighted by atomic mass is 35.5. The molecule has 1 aliphatic carbocycles. The van der Waals surface area contributed by atoms with Crippen molar-refractivity contribution >= 4 is 29.5 Å². The van der Waals surface area contributed by atoms with E-state index in [1.165, 1.54) is 37.7 Å². The van der Waals surface area contributed by atoms with Crippen molar-refractivity contribution in [2.45, 2.75) is 44.9 Å². The molecule has 0 amide bonds. The number of rotatable bonds is 4. The molecule has 0 spiro atoms. The first-order chi connectivity index (χ1) is 13.6. The normalized spacial score (nSPS) is 23.6. The Kier molecular flexibility index (Phi) is 5.63. The highest BCUT2D eigenvalue weighted by Gasteiger charge is 2.25. The maximum atomic E-state index is 12.2. The van der Waals surface area contributed by atoms with Gasteiger partial charge in [-0.2, -0.15) is 0 Å². The third-order valence-electron chi connectivity index (χ3n) is 5.87. The van der Waals surface area contributed by atoms with Gasteiger partial charge in [0.1, 0.15) is 0 Å². The summed E-state index contributed by atoms with van der Waals surface area (Å²) in [6.45, 7) is 2.29. The van der Waals surface area contributed by atoms with Crippen LogP contribution in [-0.4, -0.2) is 11.9 Å². The summed E-state index contributed by atoms with van der Waals surface area (Å²) in [5.41, 5.74) is 3.21. The number of cyclic esters (lactones) is 1. The highest BCUT2D eigenvalue weighted by Crippen LogP contribution is 2.37. The Morgan fingerprint density at radius 1 is 1.07 bits per heavy atom. The number of carbonyl (C=O) groups is 1. The van der Waals surface area contributed by atoms with E-state index in [0.29, 0.717) is 16.8 Å². The number of esters is 1. The Balaban J connectivity index is 1.50. The van der Waals surface area contributed by atoms with Crippen LogP contribution in [0.5, 0.6) is 0 Å². The van der Waals surface area contributed by atoms with E-state index in [-0.39, 0.29) is 5.70 Å². The molecule has 0 bridgehead atoms. The van der Waals surface area contributed by atoms with Crippen molar-refractivity contribution in [3.63, 3.8) is 0 Å². The van der Waals surface area contributed by atoms with Gasteiger partial charge < -0.3 is 4.74 Å². The lowest BCUT2D eigenvalue weighted by atomic mass is 9.78. The predicted molar refractivity (Wildman–Crippen MR) is 113 cm³/mol. The molecule has 2 aromatic rings. The summed E-state index contributed by atoms with van der Waals surface area (Å²) in [7, 11) is 0. The quantitative estimate of drug-likeness (QED) is 0.447. The van der Waals surface area contributed by atoms with Crippen molar-refractivity contribution < 1.29 is 9.53 Å². The molecule has 0 saturated heterocycles. The molecule has 3 nitrogen and oxygen atoms in total. The molecular formula is C24H24ClNO2. The first-order valence-electron chi connectivity index (χ1n) is 10.0. The number of aliphatic imine (C=N–C) groups is 1. The van der Waals surface area contributed by atoms with Gasteiger partial charge >= 0.3 is 5.97 Å². The summed E-state index contributed by atoms with van der Waals surface area (Å²) < 4.78 is 5.39. The molecule has 0 aromatic heterocycles. The van der Waals surface area contributed by atoms with Gasteiger partial charge in [-0.15, -0.1) is 0 Å². The Hall–Kier alpha value is -2.39. The first kappa shape index (κ1) is 18.9. The molecular weight excluding hydrogens is 370 g/mol. The lowest BCUT2D eigenvalue weighted by Crippen LogP contribution is -2.13. The fraction of sp³-hybridized carbons (Fsp3) is 0.333. The Morgan fingerprint density at radius 3 is 2.46 bits per heavy atom. The predicted octanol–water partition coefficient (Wildman–Crippen LogP) is 6.37. The molecule has 0 N–H and O–H groups in total. The maximum Gasteiger partial charge on any atom is 0.363 e. The largest absolute Gasteiger partial charge is 0.402 e. The van der Waals surface area contributed by atoms with E-state index in [0.717, 1.165) is 17.0 Å². The smallest absolute Gasteiger partial charge is 0.363 e. The van der Waals surface area contributed by atoms with E-state index in [1.807, 2.05) is 30.3 Å². The monoisotopic (exact) mass is 393 g/mol. The zero-order valence-corrected chi connectivity index (χ0v) is 16.8. The summed E-state index contributed by atoms with van der Waals surface area (Å²) in [6.07, 6.45) is 8.13. The van der Waals surface area contributed by atoms with E-state index >= 15 is 0 Å². The van der Waals surface area contributed by atoms with Crippen LogP contribution in [0.2, 0.25) is 5.02 Å². The van der Waals surface area contributed by atoms with Crippen molar-refractivity contribution in [3.8, 4) is 0 Å². The van der Waals surface area contributed by atoms with Crippen molar-refractivity contribution in [1.82, 2.24) is 0 Å². The van der Waals surface area contributed by atoms with Crippen LogP contribution in [0, 0.1) is 5.92 Å². The molecule has 4 rings (SSSR count). The highest BCUT2D eigenvalue weighted by molar-refractivity contribution is 6.32. The van der Waals surface area contributed by atoms with E-state index in [2.05, 4.69) is 24.0 Å². The minimum Gasteiger partial charge on any atom is -0.402 e. The lowest BCUT2D eigenvalue weighted by molar-refractivity contribution is -0.129. The van der Waals surface area contributed by atoms with Crippen LogP contribution >= 0.6 is 11.6 Å². The van der Waals surface area contributed by atoms with Crippen LogP contribution in [0.25, 0.3) is 6.08 Å². The molecule has 4 heteroatoms. The SMILES string of the molecule is CCC1CCC(c2ccc(C3=N/C(=C/c4ccccc4Cl)C(=O)O3)cc2)CC1. The second-order valence-electron chi connectivity index (χ2n) is 7.61. The van der Waals surface area contributed by atoms with Gasteiger partial charge in [0.25, 0.3) is 0 Å². The van der Waals surface area contributed by atoms with Crippen LogP contribution in [0.3, 0.4) is 0 Å². The average molecular weight is 394 g/mol. The zero-order chi connectivity index (χ0) is 19.5. The van der Waals surface area contributed by atoms with Crippen molar-refractivity contribution in [1.29, 1.82) is 0 Å². The number of hydrogen-bond acceptors (Lipinski definition) is 3. The van der Waals surface area contributed by atoms with Crippen LogP contribution in [0.4, 0.5) is 0 Å². The van der Waals surface area contributed by atoms with Gasteiger partial charge in [-0.1, -0.05) is 55.3 Å². The summed E-state index contributed by atoms with van der Waals surface area (Å²) in [5.74, 6) is 1.44. The number of ether oxygens (including phenoxy) is 1. The topological polar surface area (TPSA) is 38.7 Å². The van der Waals surface area contributed by atoms with Crippen molar-refractivity contribution in [2.24, 2.45) is 10.9 Å². The van der Waals surface area contributed by atoms with Gasteiger partial charge in [0.2, 0.25) is 5.90 Å². The Bertz CT molecular complexity index is 922. The summed E-state index contributed by atoms with van der Waals surface area (Å²) in [4.78, 5) is 16.6. The fourth-order valence-corrected chi connectivity index (χ4v) is 4.26. The molecule has 28 heavy (non-hydrogen) atoms. The molecule has 1 fully saturated rings. The number of carbonyl (C=O) groups excluding carboxylic acids is 1. The molecule has 0 radical (unpaired) electrons. The lowest BCUT2D eigenvalue weighted by Gasteiger charge is -2.28. The molecule has 1 saturated carbocycles. The van der Waals surface area contributed by atoms with Crippen LogP contribution < -0.4 is 0 Å². The van der Waals surface area contributed by atoms with Crippen LogP contribution in [0.15, 0.2) is 59.2 Å². The van der Waals surface area contributed by atoms with Crippen molar-refractivity contribution in [2.75, 3.05) is 0 Å². The molecule has 0 atom stereocenters. The first-order valence-corrected chi connectivity index (χ1v) is 10.4. The summed E-state index contributed by atoms with van der Waals surface area (Å²) in [5, 5.41) is 0.577. The number of hydrogen-bond donors (Lipinski definition) is 0. The molecule has 1 aliphatic heterocycles. The molecule has 2 aliphatic rings. The second kappa shape index (κ2) is 8.32. The third-order valence-corrected chi connectivity index (χ3v) is 6.22. The van der Waals surface area contributed by atoms with Gasteiger partial charge in [-0.3, -0.25) is 0 Å². The van der Waals surface area contributed by atoms with E-state index in [9.17, 15) is 4.79 Å². The Morgan fingerprint density at radius 2 is 1.79 bits per heavy atom.